The number of rotatable bonds is 18. The Morgan fingerprint density at radius 2 is 1.65 bits per heavy atom. The van der Waals surface area contributed by atoms with Gasteiger partial charge in [-0.05, 0) is 57.4 Å². The van der Waals surface area contributed by atoms with Gasteiger partial charge >= 0.3 is 23.9 Å². The summed E-state index contributed by atoms with van der Waals surface area (Å²) < 4.78 is 19.6. The van der Waals surface area contributed by atoms with Crippen LogP contribution in [-0.4, -0.2) is 74.0 Å². The van der Waals surface area contributed by atoms with Gasteiger partial charge in [-0.25, -0.2) is 9.59 Å². The largest absolute Gasteiger partial charge is 0.481 e. The lowest BCUT2D eigenvalue weighted by Gasteiger charge is -2.53. The van der Waals surface area contributed by atoms with Gasteiger partial charge in [0.25, 0.3) is 0 Å². The zero-order valence-corrected chi connectivity index (χ0v) is 28.9. The molecule has 0 radical (unpaired) electrons. The molecule has 11 heteroatoms. The molecule has 0 aromatic carbocycles. The van der Waals surface area contributed by atoms with Gasteiger partial charge in [-0.3, -0.25) is 9.59 Å². The molecule has 0 aromatic heterocycles. The molecule has 11 nitrogen and oxygen atoms in total. The number of aliphatic carboxylic acids is 3. The van der Waals surface area contributed by atoms with E-state index in [0.29, 0.717) is 37.7 Å². The summed E-state index contributed by atoms with van der Waals surface area (Å²) in [5.41, 5.74) is 0.317. The normalized spacial score (nSPS) is 28.2. The number of carboxylic acid groups (broad SMARTS) is 3. The molecule has 0 saturated carbocycles. The summed E-state index contributed by atoms with van der Waals surface area (Å²) >= 11 is 0. The third-order valence-corrected chi connectivity index (χ3v) is 9.03. The van der Waals surface area contributed by atoms with E-state index >= 15 is 0 Å². The minimum absolute atomic E-state index is 0.187. The third-order valence-electron chi connectivity index (χ3n) is 9.03. The molecular formula is C37H54O11. The highest BCUT2D eigenvalue weighted by Crippen LogP contribution is 2.48. The number of unbranched alkanes of at least 4 members (excludes halogenated alkanes) is 2. The highest BCUT2D eigenvalue weighted by molar-refractivity contribution is 5.81. The third kappa shape index (κ3) is 13.5. The first-order valence-electron chi connectivity index (χ1n) is 16.9. The molecule has 0 bridgehead atoms. The lowest BCUT2D eigenvalue weighted by atomic mass is 9.78. The number of ether oxygens (including phenoxy) is 3. The number of esters is 1. The van der Waals surface area contributed by atoms with Crippen LogP contribution >= 0.6 is 0 Å². The van der Waals surface area contributed by atoms with Crippen molar-refractivity contribution in [2.45, 2.75) is 135 Å². The standard InChI is InChI=1S/C37H54O11/c1-6-7-8-20-36(48-35(45)18-17-33(41)42)22-23-37(47-31(36)15-11-26(3)24-34(43)44)21-19-28(5)30(46-37)14-10-25(2)9-13-29(38)27(4)12-16-32(39)40/h9-13,15-16,24,27-31,38H,6-8,14,17-23H2,1-5H3,(H,39,40)(H,41,42)(H,43,44). The van der Waals surface area contributed by atoms with Gasteiger partial charge in [0.2, 0.25) is 0 Å². The summed E-state index contributed by atoms with van der Waals surface area (Å²) in [4.78, 5) is 46.2. The molecule has 4 N–H and O–H groups in total. The van der Waals surface area contributed by atoms with Crippen molar-refractivity contribution < 1.29 is 53.8 Å². The molecule has 2 saturated heterocycles. The van der Waals surface area contributed by atoms with Crippen LogP contribution in [0, 0.1) is 11.8 Å². The molecule has 2 aliphatic heterocycles. The van der Waals surface area contributed by atoms with Crippen molar-refractivity contribution in [3.05, 3.63) is 59.8 Å². The molecule has 2 fully saturated rings. The molecule has 1 spiro atoms. The van der Waals surface area contributed by atoms with Gasteiger partial charge in [0.15, 0.2) is 5.79 Å². The van der Waals surface area contributed by atoms with E-state index in [1.165, 1.54) is 6.08 Å². The summed E-state index contributed by atoms with van der Waals surface area (Å²) in [6, 6.07) is 0. The molecule has 0 aromatic rings. The van der Waals surface area contributed by atoms with Gasteiger partial charge in [0.05, 0.1) is 25.0 Å². The number of hydrogen-bond donors (Lipinski definition) is 4. The fraction of sp³-hybridized carbons (Fsp3) is 0.622. The molecule has 2 rings (SSSR count). The Kier molecular flexibility index (Phi) is 16.5. The molecule has 2 heterocycles. The first-order chi connectivity index (χ1) is 22.6. The minimum atomic E-state index is -1.09. The Morgan fingerprint density at radius 3 is 2.29 bits per heavy atom. The molecule has 2 aliphatic rings. The summed E-state index contributed by atoms with van der Waals surface area (Å²) in [6.45, 7) is 9.50. The van der Waals surface area contributed by atoms with Crippen molar-refractivity contribution >= 4 is 23.9 Å². The molecule has 7 unspecified atom stereocenters. The van der Waals surface area contributed by atoms with Gasteiger partial charge in [0, 0.05) is 30.9 Å². The quantitative estimate of drug-likeness (QED) is 0.0539. The second kappa shape index (κ2) is 19.5. The smallest absolute Gasteiger partial charge is 0.328 e. The van der Waals surface area contributed by atoms with Crippen molar-refractivity contribution in [1.82, 2.24) is 0 Å². The van der Waals surface area contributed by atoms with Crippen molar-refractivity contribution in [1.29, 1.82) is 0 Å². The number of hydrogen-bond acceptors (Lipinski definition) is 8. The van der Waals surface area contributed by atoms with Gasteiger partial charge in [0.1, 0.15) is 11.7 Å². The van der Waals surface area contributed by atoms with Crippen LogP contribution in [0.15, 0.2) is 59.8 Å². The number of carbonyl (C=O) groups excluding carboxylic acids is 1. The summed E-state index contributed by atoms with van der Waals surface area (Å²) in [5, 5.41) is 37.6. The maximum Gasteiger partial charge on any atom is 0.328 e. The maximum atomic E-state index is 12.9. The maximum absolute atomic E-state index is 12.9. The monoisotopic (exact) mass is 674 g/mol. The van der Waals surface area contributed by atoms with Crippen LogP contribution in [-0.2, 0) is 33.4 Å². The number of aliphatic hydroxyl groups excluding tert-OH is 1. The Morgan fingerprint density at radius 1 is 0.917 bits per heavy atom. The molecule has 48 heavy (non-hydrogen) atoms. The average molecular weight is 675 g/mol. The lowest BCUT2D eigenvalue weighted by Crippen LogP contribution is -2.59. The zero-order chi connectivity index (χ0) is 35.9. The average Bonchev–Trinajstić information content (AvgIpc) is 3.02. The van der Waals surface area contributed by atoms with Crippen LogP contribution in [0.2, 0.25) is 0 Å². The highest BCUT2D eigenvalue weighted by atomic mass is 16.7. The number of carboxylic acids is 3. The van der Waals surface area contributed by atoms with E-state index in [-0.39, 0.29) is 30.8 Å². The number of aliphatic hydroxyl groups is 1. The second-order valence-corrected chi connectivity index (χ2v) is 13.2. The van der Waals surface area contributed by atoms with E-state index in [4.69, 9.17) is 24.4 Å². The van der Waals surface area contributed by atoms with E-state index in [0.717, 1.165) is 43.4 Å². The van der Waals surface area contributed by atoms with E-state index in [2.05, 4.69) is 13.8 Å². The van der Waals surface area contributed by atoms with Crippen LogP contribution in [0.1, 0.15) is 105 Å². The van der Waals surface area contributed by atoms with Gasteiger partial charge in [-0.15, -0.1) is 0 Å². The highest BCUT2D eigenvalue weighted by Gasteiger charge is 2.54. The molecule has 268 valence electrons. The van der Waals surface area contributed by atoms with E-state index < -0.39 is 47.5 Å². The molecule has 0 amide bonds. The van der Waals surface area contributed by atoms with Gasteiger partial charge in [-0.2, -0.15) is 0 Å². The zero-order valence-electron chi connectivity index (χ0n) is 28.9. The van der Waals surface area contributed by atoms with Crippen LogP contribution in [0.4, 0.5) is 0 Å². The fourth-order valence-corrected chi connectivity index (χ4v) is 6.01. The summed E-state index contributed by atoms with van der Waals surface area (Å²) in [6.07, 6.45) is 16.0. The molecule has 0 aliphatic carbocycles. The van der Waals surface area contributed by atoms with E-state index in [9.17, 15) is 29.4 Å². The molecular weight excluding hydrogens is 620 g/mol. The first kappa shape index (κ1) is 40.6. The summed E-state index contributed by atoms with van der Waals surface area (Å²) in [7, 11) is 0. The Labute approximate surface area is 284 Å². The van der Waals surface area contributed by atoms with Crippen molar-refractivity contribution in [2.24, 2.45) is 11.8 Å². The van der Waals surface area contributed by atoms with Crippen molar-refractivity contribution in [2.75, 3.05) is 0 Å². The van der Waals surface area contributed by atoms with E-state index in [1.54, 1.807) is 38.2 Å². The Hall–Kier alpha value is -3.54. The Bertz CT molecular complexity index is 1260. The minimum Gasteiger partial charge on any atom is -0.481 e. The predicted octanol–water partition coefficient (Wildman–Crippen LogP) is 6.52. The van der Waals surface area contributed by atoms with Crippen LogP contribution < -0.4 is 0 Å². The lowest BCUT2D eigenvalue weighted by molar-refractivity contribution is -0.344. The van der Waals surface area contributed by atoms with E-state index in [1.807, 2.05) is 13.0 Å². The van der Waals surface area contributed by atoms with Gasteiger partial charge < -0.3 is 34.6 Å². The SMILES string of the molecule is CCCCCC1(OC(=O)CCC(=O)O)CCC2(CCC(C)C(CC=C(C)C=CC(O)C(C)C=CC(=O)O)O2)OC1C=CC(C)=CC(=O)O. The molecule has 7 atom stereocenters. The topological polar surface area (TPSA) is 177 Å². The van der Waals surface area contributed by atoms with Crippen molar-refractivity contribution in [3.8, 4) is 0 Å². The van der Waals surface area contributed by atoms with Gasteiger partial charge in [-0.1, -0.05) is 75.6 Å². The summed E-state index contributed by atoms with van der Waals surface area (Å²) in [5.74, 6) is -4.97. The Balaban J connectivity index is 2.32. The predicted molar refractivity (Wildman–Crippen MR) is 180 cm³/mol. The van der Waals surface area contributed by atoms with Crippen molar-refractivity contribution in [3.63, 3.8) is 0 Å². The van der Waals surface area contributed by atoms with Crippen LogP contribution in [0.25, 0.3) is 0 Å². The number of allylic oxidation sites excluding steroid dienone is 4. The number of carbonyl (C=O) groups is 4. The fourth-order valence-electron chi connectivity index (χ4n) is 6.01. The van der Waals surface area contributed by atoms with Crippen LogP contribution in [0.5, 0.6) is 0 Å². The second-order valence-electron chi connectivity index (χ2n) is 13.2. The first-order valence-corrected chi connectivity index (χ1v) is 16.9. The van der Waals surface area contributed by atoms with Crippen LogP contribution in [0.3, 0.4) is 0 Å².